The van der Waals surface area contributed by atoms with Crippen molar-refractivity contribution in [3.63, 3.8) is 0 Å². The molecule has 132 valence electrons. The van der Waals surface area contributed by atoms with E-state index in [1.807, 2.05) is 0 Å². The summed E-state index contributed by atoms with van der Waals surface area (Å²) in [5.41, 5.74) is 0.585. The van der Waals surface area contributed by atoms with Gasteiger partial charge in [-0.2, -0.15) is 0 Å². The monoisotopic (exact) mass is 351 g/mol. The molecule has 0 spiro atoms. The van der Waals surface area contributed by atoms with Crippen LogP contribution in [0.25, 0.3) is 0 Å². The molecular formula is C18H26ClN3O2. The fourth-order valence-electron chi connectivity index (χ4n) is 3.81. The summed E-state index contributed by atoms with van der Waals surface area (Å²) in [6, 6.07) is 5.74. The van der Waals surface area contributed by atoms with Crippen molar-refractivity contribution in [3.8, 4) is 5.75 Å². The first-order chi connectivity index (χ1) is 11.7. The molecule has 1 atom stereocenters. The number of amides is 2. The van der Waals surface area contributed by atoms with Gasteiger partial charge in [0.25, 0.3) is 0 Å². The maximum absolute atomic E-state index is 12.2. The molecule has 2 fully saturated rings. The number of ether oxygens (including phenoxy) is 1. The second kappa shape index (κ2) is 8.08. The zero-order valence-electron chi connectivity index (χ0n) is 14.2. The first-order valence-electron chi connectivity index (χ1n) is 8.78. The smallest absolute Gasteiger partial charge is 0.319 e. The number of halogens is 1. The number of nitrogens with zero attached hydrogens (tertiary/aromatic N) is 1. The quantitative estimate of drug-likeness (QED) is 0.849. The molecule has 5 nitrogen and oxygen atoms in total. The van der Waals surface area contributed by atoms with E-state index in [1.54, 1.807) is 25.3 Å². The highest BCUT2D eigenvalue weighted by Crippen LogP contribution is 2.29. The highest BCUT2D eigenvalue weighted by molar-refractivity contribution is 6.31. The lowest BCUT2D eigenvalue weighted by Crippen LogP contribution is -2.35. The summed E-state index contributed by atoms with van der Waals surface area (Å²) in [4.78, 5) is 14.8. The fraction of sp³-hybridized carbons (Fsp3) is 0.611. The van der Waals surface area contributed by atoms with Gasteiger partial charge in [-0.3, -0.25) is 0 Å². The Balaban J connectivity index is 1.45. The molecule has 2 aliphatic rings. The maximum Gasteiger partial charge on any atom is 0.319 e. The Labute approximate surface area is 148 Å². The van der Waals surface area contributed by atoms with Crippen molar-refractivity contribution < 1.29 is 9.53 Å². The van der Waals surface area contributed by atoms with Gasteiger partial charge < -0.3 is 20.3 Å². The van der Waals surface area contributed by atoms with Crippen molar-refractivity contribution >= 4 is 23.3 Å². The molecule has 0 aromatic heterocycles. The van der Waals surface area contributed by atoms with Crippen molar-refractivity contribution in [2.75, 3.05) is 32.1 Å². The van der Waals surface area contributed by atoms with Crippen LogP contribution in [0.1, 0.15) is 32.1 Å². The van der Waals surface area contributed by atoms with Gasteiger partial charge >= 0.3 is 6.03 Å². The normalized spacial score (nSPS) is 21.8. The molecule has 1 aromatic carbocycles. The van der Waals surface area contributed by atoms with Crippen LogP contribution in [0.5, 0.6) is 5.75 Å². The molecule has 1 saturated carbocycles. The number of likely N-dealkylation sites (tertiary alicyclic amines) is 1. The van der Waals surface area contributed by atoms with Crippen LogP contribution in [0.3, 0.4) is 0 Å². The Kier molecular flexibility index (Phi) is 5.85. The fourth-order valence-corrected chi connectivity index (χ4v) is 3.98. The maximum atomic E-state index is 12.2. The molecular weight excluding hydrogens is 326 g/mol. The van der Waals surface area contributed by atoms with Gasteiger partial charge in [0.05, 0.1) is 12.8 Å². The number of nitrogens with one attached hydrogen (secondary N) is 2. The number of urea groups is 1. The van der Waals surface area contributed by atoms with E-state index < -0.39 is 0 Å². The lowest BCUT2D eigenvalue weighted by molar-refractivity contribution is 0.234. The molecule has 1 heterocycles. The third-order valence-electron chi connectivity index (χ3n) is 5.12. The molecule has 6 heteroatoms. The van der Waals surface area contributed by atoms with Crippen molar-refractivity contribution in [1.82, 2.24) is 10.2 Å². The average Bonchev–Trinajstić information content (AvgIpc) is 3.24. The molecule has 24 heavy (non-hydrogen) atoms. The van der Waals surface area contributed by atoms with E-state index in [1.165, 1.54) is 32.2 Å². The van der Waals surface area contributed by atoms with Crippen LogP contribution in [0.15, 0.2) is 18.2 Å². The Bertz CT molecular complexity index is 575. The van der Waals surface area contributed by atoms with Crippen LogP contribution in [-0.2, 0) is 0 Å². The molecule has 3 rings (SSSR count). The number of carbonyl (C=O) groups is 1. The number of hydrogen-bond acceptors (Lipinski definition) is 3. The molecule has 0 bridgehead atoms. The SMILES string of the molecule is COc1ccc(Cl)cc1NC(=O)NC[C@H]1CCN(C2CCCC2)C1. The predicted octanol–water partition coefficient (Wildman–Crippen LogP) is 3.73. The first kappa shape index (κ1) is 17.4. The summed E-state index contributed by atoms with van der Waals surface area (Å²) in [5, 5.41) is 6.36. The van der Waals surface area contributed by atoms with Gasteiger partial charge in [0.15, 0.2) is 0 Å². The van der Waals surface area contributed by atoms with E-state index in [9.17, 15) is 4.79 Å². The minimum Gasteiger partial charge on any atom is -0.495 e. The van der Waals surface area contributed by atoms with Gasteiger partial charge in [0.1, 0.15) is 5.75 Å². The minimum atomic E-state index is -0.213. The average molecular weight is 352 g/mol. The van der Waals surface area contributed by atoms with Crippen molar-refractivity contribution in [2.24, 2.45) is 5.92 Å². The van der Waals surface area contributed by atoms with E-state index in [4.69, 9.17) is 16.3 Å². The predicted molar refractivity (Wildman–Crippen MR) is 97.0 cm³/mol. The number of benzene rings is 1. The summed E-state index contributed by atoms with van der Waals surface area (Å²) in [6.45, 7) is 2.98. The first-order valence-corrected chi connectivity index (χ1v) is 9.16. The molecule has 1 aliphatic heterocycles. The zero-order valence-corrected chi connectivity index (χ0v) is 14.9. The summed E-state index contributed by atoms with van der Waals surface area (Å²) < 4.78 is 5.24. The van der Waals surface area contributed by atoms with Crippen LogP contribution < -0.4 is 15.4 Å². The van der Waals surface area contributed by atoms with Gasteiger partial charge in [-0.25, -0.2) is 4.79 Å². The Morgan fingerprint density at radius 1 is 1.33 bits per heavy atom. The van der Waals surface area contributed by atoms with Gasteiger partial charge in [-0.15, -0.1) is 0 Å². The lowest BCUT2D eigenvalue weighted by Gasteiger charge is -2.23. The molecule has 1 aliphatic carbocycles. The van der Waals surface area contributed by atoms with E-state index >= 15 is 0 Å². The van der Waals surface area contributed by atoms with Crippen molar-refractivity contribution in [1.29, 1.82) is 0 Å². The molecule has 0 unspecified atom stereocenters. The highest BCUT2D eigenvalue weighted by Gasteiger charge is 2.29. The van der Waals surface area contributed by atoms with Gasteiger partial charge in [0.2, 0.25) is 0 Å². The number of rotatable bonds is 5. The number of methoxy groups -OCH3 is 1. The zero-order chi connectivity index (χ0) is 16.9. The molecule has 1 saturated heterocycles. The second-order valence-electron chi connectivity index (χ2n) is 6.77. The summed E-state index contributed by atoms with van der Waals surface area (Å²) in [7, 11) is 1.57. The van der Waals surface area contributed by atoms with Crippen molar-refractivity contribution in [3.05, 3.63) is 23.2 Å². The Morgan fingerprint density at radius 2 is 2.12 bits per heavy atom. The molecule has 1 aromatic rings. The summed E-state index contributed by atoms with van der Waals surface area (Å²) >= 11 is 5.98. The van der Waals surface area contributed by atoms with Crippen LogP contribution >= 0.6 is 11.6 Å². The van der Waals surface area contributed by atoms with E-state index in [0.717, 1.165) is 19.0 Å². The van der Waals surface area contributed by atoms with Crippen LogP contribution in [0.2, 0.25) is 5.02 Å². The third-order valence-corrected chi connectivity index (χ3v) is 5.35. The Morgan fingerprint density at radius 3 is 2.88 bits per heavy atom. The standard InChI is InChI=1S/C18H26ClN3O2/c1-24-17-7-6-14(19)10-16(17)21-18(23)20-11-13-8-9-22(12-13)15-4-2-3-5-15/h6-7,10,13,15H,2-5,8-9,11-12H2,1H3,(H2,20,21,23)/t13-/m1/s1. The topological polar surface area (TPSA) is 53.6 Å². The second-order valence-corrected chi connectivity index (χ2v) is 7.20. The number of hydrogen-bond donors (Lipinski definition) is 2. The van der Waals surface area contributed by atoms with Crippen molar-refractivity contribution in [2.45, 2.75) is 38.1 Å². The van der Waals surface area contributed by atoms with Gasteiger partial charge in [-0.05, 0) is 49.9 Å². The molecule has 2 amide bonds. The lowest BCUT2D eigenvalue weighted by atomic mass is 10.1. The van der Waals surface area contributed by atoms with Gasteiger partial charge in [0, 0.05) is 24.2 Å². The third kappa shape index (κ3) is 4.33. The molecule has 2 N–H and O–H groups in total. The molecule has 0 radical (unpaired) electrons. The number of carbonyl (C=O) groups excluding carboxylic acids is 1. The summed E-state index contributed by atoms with van der Waals surface area (Å²) in [5.74, 6) is 1.14. The van der Waals surface area contributed by atoms with E-state index in [2.05, 4.69) is 15.5 Å². The van der Waals surface area contributed by atoms with Crippen LogP contribution in [-0.4, -0.2) is 43.7 Å². The minimum absolute atomic E-state index is 0.213. The summed E-state index contributed by atoms with van der Waals surface area (Å²) in [6.07, 6.45) is 6.59. The van der Waals surface area contributed by atoms with Gasteiger partial charge in [-0.1, -0.05) is 24.4 Å². The largest absolute Gasteiger partial charge is 0.495 e. The van der Waals surface area contributed by atoms with Crippen LogP contribution in [0.4, 0.5) is 10.5 Å². The van der Waals surface area contributed by atoms with E-state index in [-0.39, 0.29) is 6.03 Å². The van der Waals surface area contributed by atoms with E-state index in [0.29, 0.717) is 28.9 Å². The number of anilines is 1. The highest BCUT2D eigenvalue weighted by atomic mass is 35.5. The Hall–Kier alpha value is -1.46. The van der Waals surface area contributed by atoms with Crippen LogP contribution in [0, 0.1) is 5.92 Å².